The van der Waals surface area contributed by atoms with Crippen molar-refractivity contribution in [3.8, 4) is 0 Å². The Morgan fingerprint density at radius 3 is 2.87 bits per heavy atom. The summed E-state index contributed by atoms with van der Waals surface area (Å²) in [6, 6.07) is 12.4. The predicted molar refractivity (Wildman–Crippen MR) is 122 cm³/mol. The molecule has 0 amide bonds. The summed E-state index contributed by atoms with van der Waals surface area (Å²) in [6.07, 6.45) is 3.94. The highest BCUT2D eigenvalue weighted by Crippen LogP contribution is 2.35. The minimum atomic E-state index is -3.89. The quantitative estimate of drug-likeness (QED) is 0.517. The van der Waals surface area contributed by atoms with Crippen molar-refractivity contribution in [3.63, 3.8) is 0 Å². The number of anilines is 2. The Labute approximate surface area is 182 Å². The van der Waals surface area contributed by atoms with Gasteiger partial charge in [-0.15, -0.1) is 0 Å². The van der Waals surface area contributed by atoms with Crippen molar-refractivity contribution in [1.82, 2.24) is 4.90 Å². The van der Waals surface area contributed by atoms with Crippen LogP contribution < -0.4 is 9.14 Å². The summed E-state index contributed by atoms with van der Waals surface area (Å²) in [5.41, 5.74) is 2.65. The highest BCUT2D eigenvalue weighted by molar-refractivity contribution is 7.94. The summed E-state index contributed by atoms with van der Waals surface area (Å²) in [7, 11) is -3.89. The molecule has 0 aliphatic carbocycles. The summed E-state index contributed by atoms with van der Waals surface area (Å²) in [5.74, 6) is 0. The third-order valence-electron chi connectivity index (χ3n) is 5.67. The van der Waals surface area contributed by atoms with Gasteiger partial charge in [-0.25, -0.2) is 0 Å². The number of benzene rings is 2. The van der Waals surface area contributed by atoms with Gasteiger partial charge in [0.25, 0.3) is 10.0 Å². The van der Waals surface area contributed by atoms with Crippen LogP contribution in [0, 0.1) is 6.92 Å². The van der Waals surface area contributed by atoms with Crippen LogP contribution in [0.15, 0.2) is 58.0 Å². The molecule has 6 nitrogen and oxygen atoms in total. The summed E-state index contributed by atoms with van der Waals surface area (Å²) in [4.78, 5) is 2.61. The third kappa shape index (κ3) is 4.02. The van der Waals surface area contributed by atoms with E-state index < -0.39 is 10.0 Å². The molecule has 160 valence electrons. The Morgan fingerprint density at radius 2 is 2.10 bits per heavy atom. The van der Waals surface area contributed by atoms with Crippen molar-refractivity contribution in [2.24, 2.45) is 0 Å². The zero-order valence-electron chi connectivity index (χ0n) is 17.1. The first kappa shape index (κ1) is 21.0. The van der Waals surface area contributed by atoms with E-state index in [1.807, 2.05) is 19.1 Å². The molecule has 0 unspecified atom stereocenters. The average Bonchev–Trinajstić information content (AvgIpc) is 3.40. The molecule has 1 saturated heterocycles. The second-order valence-corrected chi connectivity index (χ2v) is 10.00. The third-order valence-corrected chi connectivity index (χ3v) is 7.89. The first-order valence-corrected chi connectivity index (χ1v) is 11.9. The number of sulfonamides is 1. The molecule has 2 heterocycles. The van der Waals surface area contributed by atoms with E-state index in [0.29, 0.717) is 17.3 Å². The molecule has 8 heteroatoms. The van der Waals surface area contributed by atoms with Gasteiger partial charge in [-0.1, -0.05) is 19.1 Å². The van der Waals surface area contributed by atoms with Crippen molar-refractivity contribution in [1.29, 1.82) is 0 Å². The van der Waals surface area contributed by atoms with Crippen LogP contribution in [0.4, 0.5) is 11.4 Å². The Bertz CT molecular complexity index is 1150. The average molecular weight is 448 g/mol. The molecule has 0 spiro atoms. The lowest BCUT2D eigenvalue weighted by atomic mass is 10.2. The summed E-state index contributed by atoms with van der Waals surface area (Å²) >= 11 is 6.38. The molecular weight excluding hydrogens is 422 g/mol. The fraction of sp³-hybridized carbons (Fsp3) is 0.364. The number of halogens is 1. The van der Waals surface area contributed by atoms with Gasteiger partial charge >= 0.3 is 0 Å². The zero-order chi connectivity index (χ0) is 21.3. The van der Waals surface area contributed by atoms with E-state index >= 15 is 0 Å². The number of aryl methyl sites for hydroxylation is 1. The molecule has 30 heavy (non-hydrogen) atoms. The van der Waals surface area contributed by atoms with Crippen LogP contribution in [-0.4, -0.2) is 39.0 Å². The lowest BCUT2D eigenvalue weighted by Gasteiger charge is -2.24. The standard InChI is InChI=1S/C22H26ClN3O3S/c1-3-25-10-5-7-18(25)15-24-21-14-19(13-17-9-11-29-22(17)21)26(23)30(27,28)20-8-4-6-16(2)12-20/h4,6,8-9,11-14,18,24H,3,5,7,10,15H2,1-2H3/t18-/m1/s1. The number of likely N-dealkylation sites (tertiary alicyclic amines) is 1. The summed E-state index contributed by atoms with van der Waals surface area (Å²) in [6.45, 7) is 6.92. The van der Waals surface area contributed by atoms with Gasteiger partial charge in [0.2, 0.25) is 0 Å². The molecule has 1 aromatic heterocycles. The number of likely N-dealkylation sites (N-methyl/N-ethyl adjacent to an activating group) is 1. The Morgan fingerprint density at radius 1 is 1.27 bits per heavy atom. The van der Waals surface area contributed by atoms with Crippen LogP contribution in [0.3, 0.4) is 0 Å². The topological polar surface area (TPSA) is 65.8 Å². The van der Waals surface area contributed by atoms with Crippen LogP contribution in [0.2, 0.25) is 0 Å². The smallest absolute Gasteiger partial charge is 0.278 e. The maximum Gasteiger partial charge on any atom is 0.278 e. The Kier molecular flexibility index (Phi) is 5.95. The number of hydrogen-bond acceptors (Lipinski definition) is 5. The SMILES string of the molecule is CCN1CCC[C@@H]1CNc1cc(N(Cl)S(=O)(=O)c2cccc(C)c2)cc2ccoc12. The van der Waals surface area contributed by atoms with Gasteiger partial charge in [0.1, 0.15) is 0 Å². The van der Waals surface area contributed by atoms with Gasteiger partial charge < -0.3 is 9.73 Å². The molecule has 1 N–H and O–H groups in total. The van der Waals surface area contributed by atoms with Gasteiger partial charge in [-0.05, 0) is 68.8 Å². The summed E-state index contributed by atoms with van der Waals surface area (Å²) in [5, 5.41) is 4.25. The van der Waals surface area contributed by atoms with E-state index in [-0.39, 0.29) is 4.90 Å². The molecule has 1 atom stereocenters. The van der Waals surface area contributed by atoms with Crippen molar-refractivity contribution < 1.29 is 12.8 Å². The summed E-state index contributed by atoms with van der Waals surface area (Å²) < 4.78 is 32.6. The Balaban J connectivity index is 1.65. The van der Waals surface area contributed by atoms with Crippen molar-refractivity contribution in [2.45, 2.75) is 37.6 Å². The Hall–Kier alpha value is -2.22. The molecule has 2 aromatic carbocycles. The van der Waals surface area contributed by atoms with Gasteiger partial charge in [-0.2, -0.15) is 12.2 Å². The molecular formula is C22H26ClN3O3S. The normalized spacial score (nSPS) is 17.5. The monoisotopic (exact) mass is 447 g/mol. The number of rotatable bonds is 7. The number of furan rings is 1. The van der Waals surface area contributed by atoms with E-state index in [4.69, 9.17) is 16.2 Å². The molecule has 1 aliphatic rings. The molecule has 1 aliphatic heterocycles. The number of fused-ring (bicyclic) bond motifs is 1. The minimum Gasteiger partial charge on any atom is -0.462 e. The van der Waals surface area contributed by atoms with E-state index in [2.05, 4.69) is 17.1 Å². The van der Waals surface area contributed by atoms with Crippen molar-refractivity contribution in [2.75, 3.05) is 28.8 Å². The van der Waals surface area contributed by atoms with Gasteiger partial charge in [0.15, 0.2) is 5.58 Å². The van der Waals surface area contributed by atoms with E-state index in [1.165, 1.54) is 6.42 Å². The van der Waals surface area contributed by atoms with Crippen molar-refractivity contribution >= 4 is 44.1 Å². The molecule has 0 radical (unpaired) electrons. The molecule has 0 bridgehead atoms. The largest absolute Gasteiger partial charge is 0.462 e. The minimum absolute atomic E-state index is 0.156. The number of hydrogen-bond donors (Lipinski definition) is 1. The van der Waals surface area contributed by atoms with Gasteiger partial charge in [-0.3, -0.25) is 4.90 Å². The van der Waals surface area contributed by atoms with Gasteiger partial charge in [0, 0.05) is 29.7 Å². The predicted octanol–water partition coefficient (Wildman–Crippen LogP) is 4.99. The first-order chi connectivity index (χ1) is 14.4. The van der Waals surface area contributed by atoms with E-state index in [9.17, 15) is 8.42 Å². The lowest BCUT2D eigenvalue weighted by molar-refractivity contribution is 0.277. The van der Waals surface area contributed by atoms with Crippen LogP contribution in [0.1, 0.15) is 25.3 Å². The van der Waals surface area contributed by atoms with Crippen LogP contribution in [-0.2, 0) is 10.0 Å². The lowest BCUT2D eigenvalue weighted by Crippen LogP contribution is -2.34. The van der Waals surface area contributed by atoms with Crippen LogP contribution in [0.5, 0.6) is 0 Å². The maximum absolute atomic E-state index is 13.1. The number of nitrogens with one attached hydrogen (secondary N) is 1. The van der Waals surface area contributed by atoms with E-state index in [1.54, 1.807) is 36.6 Å². The number of nitrogens with zero attached hydrogens (tertiary/aromatic N) is 2. The molecule has 0 saturated carbocycles. The fourth-order valence-corrected chi connectivity index (χ4v) is 5.57. The van der Waals surface area contributed by atoms with E-state index in [0.717, 1.165) is 46.5 Å². The van der Waals surface area contributed by atoms with Crippen molar-refractivity contribution in [3.05, 3.63) is 54.3 Å². The first-order valence-electron chi connectivity index (χ1n) is 10.2. The second kappa shape index (κ2) is 8.49. The van der Waals surface area contributed by atoms with Gasteiger partial charge in [0.05, 0.1) is 22.5 Å². The maximum atomic E-state index is 13.1. The molecule has 1 fully saturated rings. The highest BCUT2D eigenvalue weighted by atomic mass is 35.5. The highest BCUT2D eigenvalue weighted by Gasteiger charge is 2.26. The zero-order valence-corrected chi connectivity index (χ0v) is 18.7. The molecule has 3 aromatic rings. The molecule has 4 rings (SSSR count). The van der Waals surface area contributed by atoms with Crippen LogP contribution >= 0.6 is 11.8 Å². The van der Waals surface area contributed by atoms with Crippen LogP contribution in [0.25, 0.3) is 11.0 Å². The second-order valence-electron chi connectivity index (χ2n) is 7.67. The fourth-order valence-electron chi connectivity index (χ4n) is 4.08.